The number of ketones is 1. The Hall–Kier alpha value is -3.63. The SMILES string of the molecule is Cc1ccc(/C(O)=C2\C(=N)N(c3ccccc3)C3=C(C(=O)CCC3)[C@@H]2c2ccc(Cl)cc2)cc1. The molecule has 5 rings (SSSR count). The molecule has 4 nitrogen and oxygen atoms in total. The zero-order chi connectivity index (χ0) is 23.8. The number of aliphatic hydroxyl groups is 1. The maximum absolute atomic E-state index is 13.4. The molecule has 0 fully saturated rings. The van der Waals surface area contributed by atoms with E-state index in [4.69, 9.17) is 11.6 Å². The average molecular weight is 469 g/mol. The minimum absolute atomic E-state index is 0.0100. The van der Waals surface area contributed by atoms with Gasteiger partial charge in [-0.3, -0.25) is 15.1 Å². The van der Waals surface area contributed by atoms with Crippen molar-refractivity contribution in [1.82, 2.24) is 0 Å². The van der Waals surface area contributed by atoms with E-state index in [9.17, 15) is 15.3 Å². The van der Waals surface area contributed by atoms with Crippen molar-refractivity contribution in [2.24, 2.45) is 0 Å². The lowest BCUT2D eigenvalue weighted by Crippen LogP contribution is -2.42. The van der Waals surface area contributed by atoms with Crippen LogP contribution in [0.1, 0.15) is 41.9 Å². The van der Waals surface area contributed by atoms with E-state index in [0.29, 0.717) is 34.6 Å². The van der Waals surface area contributed by atoms with Crippen molar-refractivity contribution in [2.75, 3.05) is 4.90 Å². The Labute approximate surface area is 204 Å². The van der Waals surface area contributed by atoms with Crippen LogP contribution in [0.15, 0.2) is 95.7 Å². The van der Waals surface area contributed by atoms with Gasteiger partial charge in [-0.05, 0) is 49.6 Å². The summed E-state index contributed by atoms with van der Waals surface area (Å²) in [5.74, 6) is -0.300. The molecule has 34 heavy (non-hydrogen) atoms. The Morgan fingerprint density at radius 2 is 1.65 bits per heavy atom. The first-order valence-electron chi connectivity index (χ1n) is 11.4. The molecule has 0 saturated heterocycles. The summed E-state index contributed by atoms with van der Waals surface area (Å²) in [6, 6.07) is 24.5. The molecule has 1 aliphatic heterocycles. The number of allylic oxidation sites excluding steroid dienone is 2. The van der Waals surface area contributed by atoms with Crippen molar-refractivity contribution < 1.29 is 9.90 Å². The Balaban J connectivity index is 1.82. The Kier molecular flexibility index (Phi) is 5.84. The minimum Gasteiger partial charge on any atom is -0.507 e. The first-order valence-corrected chi connectivity index (χ1v) is 11.8. The Bertz CT molecular complexity index is 1320. The second-order valence-corrected chi connectivity index (χ2v) is 9.21. The molecule has 0 amide bonds. The van der Waals surface area contributed by atoms with Gasteiger partial charge in [0.25, 0.3) is 0 Å². The zero-order valence-electron chi connectivity index (χ0n) is 18.9. The van der Waals surface area contributed by atoms with Gasteiger partial charge in [0, 0.05) is 45.5 Å². The van der Waals surface area contributed by atoms with Crippen molar-refractivity contribution in [3.05, 3.63) is 117 Å². The molecule has 0 saturated carbocycles. The summed E-state index contributed by atoms with van der Waals surface area (Å²) in [7, 11) is 0. The van der Waals surface area contributed by atoms with Gasteiger partial charge >= 0.3 is 0 Å². The van der Waals surface area contributed by atoms with E-state index >= 15 is 0 Å². The molecule has 1 heterocycles. The first-order chi connectivity index (χ1) is 16.5. The molecule has 3 aromatic rings. The predicted molar refractivity (Wildman–Crippen MR) is 137 cm³/mol. The number of benzene rings is 3. The van der Waals surface area contributed by atoms with Gasteiger partial charge in [-0.25, -0.2) is 0 Å². The van der Waals surface area contributed by atoms with Crippen LogP contribution in [0, 0.1) is 12.3 Å². The summed E-state index contributed by atoms with van der Waals surface area (Å²) >= 11 is 6.17. The van der Waals surface area contributed by atoms with Crippen molar-refractivity contribution >= 4 is 34.7 Å². The number of amidine groups is 1. The molecule has 1 atom stereocenters. The number of Topliss-reactive ketones (excluding diaryl/α,β-unsaturated/α-hetero) is 1. The van der Waals surface area contributed by atoms with E-state index in [1.165, 1.54) is 0 Å². The molecule has 3 aromatic carbocycles. The van der Waals surface area contributed by atoms with Gasteiger partial charge in [-0.15, -0.1) is 0 Å². The molecule has 1 aliphatic carbocycles. The number of carbonyl (C=O) groups excluding carboxylic acids is 1. The number of aliphatic hydroxyl groups excluding tert-OH is 1. The first kappa shape index (κ1) is 22.2. The van der Waals surface area contributed by atoms with E-state index in [0.717, 1.165) is 28.9 Å². The van der Waals surface area contributed by atoms with Gasteiger partial charge < -0.3 is 5.11 Å². The standard InChI is InChI=1S/C29H25ClN2O2/c1-18-10-12-20(13-11-18)28(34)27-25(19-14-16-21(30)17-15-19)26-23(8-5-9-24(26)33)32(29(27)31)22-6-3-2-4-7-22/h2-4,6-7,10-17,25,31,34H,5,8-9H2,1H3/b28-27+,31-29?/t25-/m0/s1. The highest BCUT2D eigenvalue weighted by Crippen LogP contribution is 2.47. The number of nitrogens with one attached hydrogen (secondary N) is 1. The summed E-state index contributed by atoms with van der Waals surface area (Å²) in [6.45, 7) is 1.99. The number of aryl methyl sites for hydroxylation is 1. The van der Waals surface area contributed by atoms with Crippen molar-refractivity contribution in [3.63, 3.8) is 0 Å². The third-order valence-electron chi connectivity index (χ3n) is 6.55. The minimum atomic E-state index is -0.547. The molecule has 170 valence electrons. The lowest BCUT2D eigenvalue weighted by Gasteiger charge is -2.41. The van der Waals surface area contributed by atoms with E-state index in [1.54, 1.807) is 12.1 Å². The molecule has 0 spiro atoms. The topological polar surface area (TPSA) is 64.4 Å². The summed E-state index contributed by atoms with van der Waals surface area (Å²) in [4.78, 5) is 15.3. The van der Waals surface area contributed by atoms with E-state index in [1.807, 2.05) is 78.6 Å². The fourth-order valence-electron chi connectivity index (χ4n) is 4.91. The maximum Gasteiger partial charge on any atom is 0.161 e. The molecular weight excluding hydrogens is 444 g/mol. The highest BCUT2D eigenvalue weighted by molar-refractivity contribution is 6.30. The Morgan fingerprint density at radius 3 is 2.32 bits per heavy atom. The molecular formula is C29H25ClN2O2. The highest BCUT2D eigenvalue weighted by Gasteiger charge is 2.43. The second kappa shape index (κ2) is 8.96. The molecule has 5 heteroatoms. The van der Waals surface area contributed by atoms with Crippen molar-refractivity contribution in [3.8, 4) is 0 Å². The highest BCUT2D eigenvalue weighted by atomic mass is 35.5. The fourth-order valence-corrected chi connectivity index (χ4v) is 5.04. The van der Waals surface area contributed by atoms with Crippen LogP contribution in [0.2, 0.25) is 5.02 Å². The zero-order valence-corrected chi connectivity index (χ0v) is 19.6. The molecule has 0 aromatic heterocycles. The largest absolute Gasteiger partial charge is 0.507 e. The fraction of sp³-hybridized carbons (Fsp3) is 0.172. The van der Waals surface area contributed by atoms with Gasteiger partial charge in [0.15, 0.2) is 5.78 Å². The monoisotopic (exact) mass is 468 g/mol. The van der Waals surface area contributed by atoms with Crippen LogP contribution < -0.4 is 4.90 Å². The molecule has 2 N–H and O–H groups in total. The average Bonchev–Trinajstić information content (AvgIpc) is 2.85. The van der Waals surface area contributed by atoms with Gasteiger partial charge in [0.2, 0.25) is 0 Å². The number of halogens is 1. The van der Waals surface area contributed by atoms with Gasteiger partial charge in [0.1, 0.15) is 11.6 Å². The van der Waals surface area contributed by atoms with E-state index in [-0.39, 0.29) is 17.4 Å². The second-order valence-electron chi connectivity index (χ2n) is 8.77. The van der Waals surface area contributed by atoms with Gasteiger partial charge in [-0.2, -0.15) is 0 Å². The van der Waals surface area contributed by atoms with Crippen LogP contribution in [-0.2, 0) is 4.79 Å². The number of para-hydroxylation sites is 1. The smallest absolute Gasteiger partial charge is 0.161 e. The number of rotatable bonds is 3. The lowest BCUT2D eigenvalue weighted by atomic mass is 9.73. The summed E-state index contributed by atoms with van der Waals surface area (Å²) in [6.07, 6.45) is 1.89. The van der Waals surface area contributed by atoms with Crippen LogP contribution >= 0.6 is 11.6 Å². The van der Waals surface area contributed by atoms with Crippen LogP contribution in [0.5, 0.6) is 0 Å². The number of hydrogen-bond acceptors (Lipinski definition) is 3. The number of carbonyl (C=O) groups is 1. The molecule has 0 bridgehead atoms. The quantitative estimate of drug-likeness (QED) is 0.399. The number of hydrogen-bond donors (Lipinski definition) is 2. The molecule has 0 unspecified atom stereocenters. The van der Waals surface area contributed by atoms with Crippen LogP contribution in [0.3, 0.4) is 0 Å². The van der Waals surface area contributed by atoms with Crippen LogP contribution in [0.25, 0.3) is 5.76 Å². The number of anilines is 1. The summed E-state index contributed by atoms with van der Waals surface area (Å²) in [5, 5.41) is 21.5. The normalized spacial score (nSPS) is 19.8. The Morgan fingerprint density at radius 1 is 0.971 bits per heavy atom. The lowest BCUT2D eigenvalue weighted by molar-refractivity contribution is -0.116. The van der Waals surface area contributed by atoms with E-state index in [2.05, 4.69) is 0 Å². The number of nitrogens with zero attached hydrogens (tertiary/aromatic N) is 1. The predicted octanol–water partition coefficient (Wildman–Crippen LogP) is 7.21. The third-order valence-corrected chi connectivity index (χ3v) is 6.80. The summed E-state index contributed by atoms with van der Waals surface area (Å²) in [5.41, 5.74) is 5.24. The van der Waals surface area contributed by atoms with Gasteiger partial charge in [0.05, 0.1) is 0 Å². The summed E-state index contributed by atoms with van der Waals surface area (Å²) < 4.78 is 0. The van der Waals surface area contributed by atoms with E-state index < -0.39 is 5.92 Å². The van der Waals surface area contributed by atoms with Gasteiger partial charge in [-0.1, -0.05) is 71.8 Å². The molecule has 2 aliphatic rings. The van der Waals surface area contributed by atoms with Crippen molar-refractivity contribution in [1.29, 1.82) is 5.41 Å². The van der Waals surface area contributed by atoms with Crippen LogP contribution in [-0.4, -0.2) is 16.7 Å². The molecule has 0 radical (unpaired) electrons. The third kappa shape index (κ3) is 3.84. The van der Waals surface area contributed by atoms with Crippen molar-refractivity contribution in [2.45, 2.75) is 32.1 Å². The van der Waals surface area contributed by atoms with Crippen LogP contribution in [0.4, 0.5) is 5.69 Å². The maximum atomic E-state index is 13.4.